The first-order valence-electron chi connectivity index (χ1n) is 6.35. The van der Waals surface area contributed by atoms with E-state index in [0.29, 0.717) is 26.1 Å². The highest BCUT2D eigenvalue weighted by Crippen LogP contribution is 2.49. The van der Waals surface area contributed by atoms with Gasteiger partial charge in [-0.25, -0.2) is 4.79 Å². The van der Waals surface area contributed by atoms with Gasteiger partial charge in [0.25, 0.3) is 0 Å². The highest BCUT2D eigenvalue weighted by Gasteiger charge is 2.56. The number of ether oxygens (including phenoxy) is 1. The highest BCUT2D eigenvalue weighted by atomic mass is 16.6. The van der Waals surface area contributed by atoms with Gasteiger partial charge in [0, 0.05) is 19.0 Å². The number of amides is 1. The molecule has 96 valence electrons. The summed E-state index contributed by atoms with van der Waals surface area (Å²) in [6.07, 6.45) is 1.24. The molecule has 1 saturated carbocycles. The van der Waals surface area contributed by atoms with Crippen molar-refractivity contribution in [3.63, 3.8) is 0 Å². The van der Waals surface area contributed by atoms with E-state index in [0.717, 1.165) is 12.0 Å². The molecular weight excluding hydrogens is 230 g/mol. The maximum Gasteiger partial charge on any atom is 0.410 e. The molecule has 0 unspecified atom stereocenters. The zero-order chi connectivity index (χ0) is 12.6. The lowest BCUT2D eigenvalue weighted by Gasteiger charge is -2.28. The van der Waals surface area contributed by atoms with Gasteiger partial charge in [-0.1, -0.05) is 30.3 Å². The number of likely N-dealkylation sites (tertiary alicyclic amines) is 1. The molecule has 1 N–H and O–H groups in total. The average Bonchev–Trinajstić information content (AvgIpc) is 3.07. The summed E-state index contributed by atoms with van der Waals surface area (Å²) in [6, 6.07) is 9.65. The van der Waals surface area contributed by atoms with Crippen LogP contribution in [0.5, 0.6) is 0 Å². The van der Waals surface area contributed by atoms with E-state index in [4.69, 9.17) is 4.74 Å². The van der Waals surface area contributed by atoms with E-state index in [2.05, 4.69) is 0 Å². The molecule has 3 rings (SSSR count). The molecule has 1 aromatic carbocycles. The molecule has 4 heteroatoms. The summed E-state index contributed by atoms with van der Waals surface area (Å²) in [5.74, 6) is 0.260. The molecule has 1 amide bonds. The van der Waals surface area contributed by atoms with Crippen LogP contribution in [-0.2, 0) is 11.3 Å². The second-order valence-electron chi connectivity index (χ2n) is 5.24. The number of hydrogen-bond acceptors (Lipinski definition) is 3. The van der Waals surface area contributed by atoms with Crippen molar-refractivity contribution in [2.24, 2.45) is 5.92 Å². The van der Waals surface area contributed by atoms with Crippen LogP contribution in [0.2, 0.25) is 0 Å². The third-order valence-corrected chi connectivity index (χ3v) is 3.92. The molecule has 4 nitrogen and oxygen atoms in total. The highest BCUT2D eigenvalue weighted by molar-refractivity contribution is 5.68. The Morgan fingerprint density at radius 2 is 2.22 bits per heavy atom. The number of nitrogens with zero attached hydrogens (tertiary/aromatic N) is 1. The summed E-state index contributed by atoms with van der Waals surface area (Å²) in [4.78, 5) is 13.6. The minimum absolute atomic E-state index is 0.260. The van der Waals surface area contributed by atoms with Crippen molar-refractivity contribution < 1.29 is 14.6 Å². The van der Waals surface area contributed by atoms with Gasteiger partial charge < -0.3 is 14.7 Å². The van der Waals surface area contributed by atoms with Crippen molar-refractivity contribution in [1.82, 2.24) is 4.90 Å². The Bertz CT molecular complexity index is 448. The van der Waals surface area contributed by atoms with E-state index >= 15 is 0 Å². The predicted molar refractivity (Wildman–Crippen MR) is 65.9 cm³/mol. The van der Waals surface area contributed by atoms with Gasteiger partial charge in [-0.2, -0.15) is 0 Å². The molecule has 2 atom stereocenters. The van der Waals surface area contributed by atoms with E-state index in [9.17, 15) is 9.90 Å². The maximum absolute atomic E-state index is 11.9. The van der Waals surface area contributed by atoms with Gasteiger partial charge in [-0.05, 0) is 18.4 Å². The minimum atomic E-state index is -0.476. The second-order valence-corrected chi connectivity index (χ2v) is 5.24. The van der Waals surface area contributed by atoms with Gasteiger partial charge >= 0.3 is 6.09 Å². The van der Waals surface area contributed by atoms with Crippen LogP contribution in [0, 0.1) is 5.92 Å². The van der Waals surface area contributed by atoms with Crippen LogP contribution >= 0.6 is 0 Å². The summed E-state index contributed by atoms with van der Waals surface area (Å²) >= 11 is 0. The van der Waals surface area contributed by atoms with Crippen LogP contribution in [0.3, 0.4) is 0 Å². The fourth-order valence-electron chi connectivity index (χ4n) is 2.57. The van der Waals surface area contributed by atoms with Gasteiger partial charge in [0.05, 0.1) is 5.60 Å². The molecule has 1 saturated heterocycles. The fourth-order valence-corrected chi connectivity index (χ4v) is 2.57. The van der Waals surface area contributed by atoms with Crippen molar-refractivity contribution in [3.05, 3.63) is 35.9 Å². The van der Waals surface area contributed by atoms with Crippen molar-refractivity contribution in [1.29, 1.82) is 0 Å². The van der Waals surface area contributed by atoms with Crippen molar-refractivity contribution in [2.45, 2.75) is 25.0 Å². The molecule has 1 aliphatic carbocycles. The van der Waals surface area contributed by atoms with Gasteiger partial charge in [0.2, 0.25) is 0 Å². The summed E-state index contributed by atoms with van der Waals surface area (Å²) in [5, 5.41) is 9.88. The summed E-state index contributed by atoms with van der Waals surface area (Å²) in [7, 11) is 0. The molecule has 0 aromatic heterocycles. The molecule has 1 aliphatic heterocycles. The zero-order valence-electron chi connectivity index (χ0n) is 10.2. The number of carbonyl (C=O) groups excluding carboxylic acids is 1. The monoisotopic (exact) mass is 247 g/mol. The molecule has 1 heterocycles. The first kappa shape index (κ1) is 11.5. The quantitative estimate of drug-likeness (QED) is 0.866. The van der Waals surface area contributed by atoms with Crippen LogP contribution in [0.1, 0.15) is 18.4 Å². The Morgan fingerprint density at radius 3 is 2.94 bits per heavy atom. The van der Waals surface area contributed by atoms with E-state index in [1.54, 1.807) is 4.90 Å². The molecule has 2 fully saturated rings. The number of hydrogen-bond donors (Lipinski definition) is 1. The molecule has 2 aliphatic rings. The average molecular weight is 247 g/mol. The molecule has 1 aromatic rings. The van der Waals surface area contributed by atoms with E-state index in [-0.39, 0.29) is 12.0 Å². The molecule has 0 radical (unpaired) electrons. The van der Waals surface area contributed by atoms with Crippen molar-refractivity contribution >= 4 is 6.09 Å². The number of carbonyl (C=O) groups is 1. The molecular formula is C14H17NO3. The van der Waals surface area contributed by atoms with E-state index < -0.39 is 5.60 Å². The smallest absolute Gasteiger partial charge is 0.410 e. The van der Waals surface area contributed by atoms with Crippen LogP contribution in [-0.4, -0.2) is 34.8 Å². The first-order valence-corrected chi connectivity index (χ1v) is 6.35. The first-order chi connectivity index (χ1) is 8.67. The van der Waals surface area contributed by atoms with Gasteiger partial charge in [-0.15, -0.1) is 0 Å². The van der Waals surface area contributed by atoms with Crippen LogP contribution < -0.4 is 0 Å². The maximum atomic E-state index is 11.9. The van der Waals surface area contributed by atoms with E-state index in [1.165, 1.54) is 0 Å². The van der Waals surface area contributed by atoms with Crippen LogP contribution in [0.15, 0.2) is 30.3 Å². The number of benzene rings is 1. The Morgan fingerprint density at radius 1 is 1.44 bits per heavy atom. The SMILES string of the molecule is O=C(OCc1ccccc1)N1CC[C@@]2(O)C[C@H]2C1. The summed E-state index contributed by atoms with van der Waals surface area (Å²) in [6.45, 7) is 1.54. The Hall–Kier alpha value is -1.55. The van der Waals surface area contributed by atoms with Gasteiger partial charge in [0.1, 0.15) is 6.61 Å². The van der Waals surface area contributed by atoms with E-state index in [1.807, 2.05) is 30.3 Å². The lowest BCUT2D eigenvalue weighted by Crippen LogP contribution is -2.41. The third kappa shape index (κ3) is 2.20. The Labute approximate surface area is 106 Å². The predicted octanol–water partition coefficient (Wildman–Crippen LogP) is 1.78. The number of rotatable bonds is 2. The number of aliphatic hydroxyl groups is 1. The topological polar surface area (TPSA) is 49.8 Å². The second kappa shape index (κ2) is 4.28. The van der Waals surface area contributed by atoms with Gasteiger partial charge in [-0.3, -0.25) is 0 Å². The Kier molecular flexibility index (Phi) is 2.74. The summed E-state index contributed by atoms with van der Waals surface area (Å²) < 4.78 is 5.27. The molecule has 0 bridgehead atoms. The number of piperidine rings is 1. The third-order valence-electron chi connectivity index (χ3n) is 3.92. The molecule has 0 spiro atoms. The lowest BCUT2D eigenvalue weighted by molar-refractivity contribution is 0.0471. The fraction of sp³-hybridized carbons (Fsp3) is 0.500. The minimum Gasteiger partial charge on any atom is -0.445 e. The molecule has 18 heavy (non-hydrogen) atoms. The van der Waals surface area contributed by atoms with Gasteiger partial charge in [0.15, 0.2) is 0 Å². The van der Waals surface area contributed by atoms with Crippen LogP contribution in [0.25, 0.3) is 0 Å². The zero-order valence-corrected chi connectivity index (χ0v) is 10.2. The summed E-state index contributed by atoms with van der Waals surface area (Å²) in [5.41, 5.74) is 0.515. The Balaban J connectivity index is 1.50. The van der Waals surface area contributed by atoms with Crippen molar-refractivity contribution in [3.8, 4) is 0 Å². The van der Waals surface area contributed by atoms with Crippen LogP contribution in [0.4, 0.5) is 4.79 Å². The normalized spacial score (nSPS) is 29.6. The number of fused-ring (bicyclic) bond motifs is 1. The largest absolute Gasteiger partial charge is 0.445 e. The van der Waals surface area contributed by atoms with Crippen molar-refractivity contribution in [2.75, 3.05) is 13.1 Å². The lowest BCUT2D eigenvalue weighted by atomic mass is 10.1. The standard InChI is InChI=1S/C14H17NO3/c16-13(18-10-11-4-2-1-3-5-11)15-7-6-14(17)8-12(14)9-15/h1-5,12,17H,6-10H2/t12-,14+/m0/s1.